The first-order valence-electron chi connectivity index (χ1n) is 7.71. The Bertz CT molecular complexity index is 688. The second-order valence-electron chi connectivity index (χ2n) is 5.87. The van der Waals surface area contributed by atoms with Gasteiger partial charge in [-0.2, -0.15) is 5.10 Å². The Balaban J connectivity index is 1.79. The number of hydrogen-bond donors (Lipinski definition) is 1. The molecule has 6 nitrogen and oxygen atoms in total. The van der Waals surface area contributed by atoms with Crippen LogP contribution in [0.25, 0.3) is 11.3 Å². The van der Waals surface area contributed by atoms with Crippen LogP contribution in [0.5, 0.6) is 5.75 Å². The number of H-pyrrole nitrogens is 1. The van der Waals surface area contributed by atoms with Gasteiger partial charge in [0.15, 0.2) is 0 Å². The molecule has 1 amide bonds. The van der Waals surface area contributed by atoms with E-state index in [1.54, 1.807) is 13.2 Å². The number of aromatic nitrogens is 2. The summed E-state index contributed by atoms with van der Waals surface area (Å²) in [5.41, 5.74) is 2.12. The van der Waals surface area contributed by atoms with Crippen molar-refractivity contribution in [2.75, 3.05) is 20.2 Å². The van der Waals surface area contributed by atoms with E-state index in [1.807, 2.05) is 43.0 Å². The Hall–Kier alpha value is -2.34. The Labute approximate surface area is 135 Å². The van der Waals surface area contributed by atoms with Crippen molar-refractivity contribution in [2.24, 2.45) is 0 Å². The van der Waals surface area contributed by atoms with Gasteiger partial charge in [-0.25, -0.2) is 0 Å². The Morgan fingerprint density at radius 3 is 2.74 bits per heavy atom. The molecule has 1 N–H and O–H groups in total. The largest absolute Gasteiger partial charge is 0.497 e. The quantitative estimate of drug-likeness (QED) is 0.944. The summed E-state index contributed by atoms with van der Waals surface area (Å²) < 4.78 is 10.9. The van der Waals surface area contributed by atoms with Crippen molar-refractivity contribution in [1.29, 1.82) is 0 Å². The molecule has 23 heavy (non-hydrogen) atoms. The molecule has 1 fully saturated rings. The van der Waals surface area contributed by atoms with Gasteiger partial charge in [0.25, 0.3) is 5.91 Å². The fourth-order valence-corrected chi connectivity index (χ4v) is 2.88. The Kier molecular flexibility index (Phi) is 4.34. The molecule has 2 unspecified atom stereocenters. The molecule has 1 saturated heterocycles. The van der Waals surface area contributed by atoms with E-state index in [4.69, 9.17) is 9.47 Å². The maximum Gasteiger partial charge on any atom is 0.272 e. The number of nitrogens with one attached hydrogen (secondary N) is 1. The van der Waals surface area contributed by atoms with Crippen molar-refractivity contribution in [1.82, 2.24) is 15.1 Å². The number of amides is 1. The molecule has 1 aliphatic rings. The fraction of sp³-hybridized carbons (Fsp3) is 0.412. The number of ether oxygens (including phenoxy) is 2. The van der Waals surface area contributed by atoms with Crippen molar-refractivity contribution in [3.05, 3.63) is 36.0 Å². The second-order valence-corrected chi connectivity index (χ2v) is 5.87. The molecule has 2 aromatic rings. The van der Waals surface area contributed by atoms with Crippen LogP contribution in [0.4, 0.5) is 0 Å². The Morgan fingerprint density at radius 1 is 1.30 bits per heavy atom. The molecule has 0 spiro atoms. The minimum absolute atomic E-state index is 0.0449. The molecule has 3 rings (SSSR count). The minimum Gasteiger partial charge on any atom is -0.497 e. The van der Waals surface area contributed by atoms with Gasteiger partial charge in [-0.15, -0.1) is 0 Å². The van der Waals surface area contributed by atoms with Gasteiger partial charge in [0, 0.05) is 18.7 Å². The van der Waals surface area contributed by atoms with Crippen LogP contribution in [0.3, 0.4) is 0 Å². The first-order chi connectivity index (χ1) is 11.1. The summed E-state index contributed by atoms with van der Waals surface area (Å²) in [4.78, 5) is 14.4. The topological polar surface area (TPSA) is 67.4 Å². The molecule has 2 atom stereocenters. The van der Waals surface area contributed by atoms with Gasteiger partial charge in [-0.1, -0.05) is 12.1 Å². The van der Waals surface area contributed by atoms with Crippen molar-refractivity contribution >= 4 is 5.91 Å². The third-order valence-electron chi connectivity index (χ3n) is 3.88. The number of nitrogens with zero attached hydrogens (tertiary/aromatic N) is 2. The lowest BCUT2D eigenvalue weighted by atomic mass is 10.1. The van der Waals surface area contributed by atoms with Crippen molar-refractivity contribution in [2.45, 2.75) is 26.1 Å². The highest BCUT2D eigenvalue weighted by Gasteiger charge is 2.27. The second kappa shape index (κ2) is 6.42. The van der Waals surface area contributed by atoms with E-state index < -0.39 is 0 Å². The zero-order valence-corrected chi connectivity index (χ0v) is 13.6. The summed E-state index contributed by atoms with van der Waals surface area (Å²) in [5.74, 6) is 0.711. The number of aromatic amines is 1. The van der Waals surface area contributed by atoms with E-state index >= 15 is 0 Å². The summed E-state index contributed by atoms with van der Waals surface area (Å²) in [6, 6.07) is 9.38. The van der Waals surface area contributed by atoms with Crippen LogP contribution < -0.4 is 4.74 Å². The molecule has 0 saturated carbocycles. The molecule has 0 bridgehead atoms. The third kappa shape index (κ3) is 3.37. The molecule has 2 heterocycles. The van der Waals surface area contributed by atoms with Crippen LogP contribution >= 0.6 is 0 Å². The third-order valence-corrected chi connectivity index (χ3v) is 3.88. The number of carbonyl (C=O) groups excluding carboxylic acids is 1. The molecular formula is C17H21N3O3. The van der Waals surface area contributed by atoms with E-state index in [9.17, 15) is 4.79 Å². The summed E-state index contributed by atoms with van der Waals surface area (Å²) in [6.45, 7) is 5.14. The van der Waals surface area contributed by atoms with Gasteiger partial charge in [0.05, 0.1) is 25.0 Å². The predicted octanol–water partition coefficient (Wildman–Crippen LogP) is 2.33. The molecule has 0 radical (unpaired) electrons. The average molecular weight is 315 g/mol. The average Bonchev–Trinajstić information content (AvgIpc) is 3.03. The van der Waals surface area contributed by atoms with Gasteiger partial charge in [0.2, 0.25) is 0 Å². The van der Waals surface area contributed by atoms with Crippen molar-refractivity contribution in [3.8, 4) is 17.0 Å². The smallest absolute Gasteiger partial charge is 0.272 e. The molecule has 1 aromatic heterocycles. The van der Waals surface area contributed by atoms with E-state index in [0.29, 0.717) is 18.8 Å². The lowest BCUT2D eigenvalue weighted by Crippen LogP contribution is -2.48. The zero-order chi connectivity index (χ0) is 16.4. The van der Waals surface area contributed by atoms with Gasteiger partial charge in [-0.05, 0) is 32.0 Å². The predicted molar refractivity (Wildman–Crippen MR) is 86.5 cm³/mol. The number of methoxy groups -OCH3 is 1. The summed E-state index contributed by atoms with van der Waals surface area (Å²) in [5, 5.41) is 7.10. The van der Waals surface area contributed by atoms with Crippen LogP contribution in [0.2, 0.25) is 0 Å². The van der Waals surface area contributed by atoms with E-state index in [2.05, 4.69) is 10.2 Å². The van der Waals surface area contributed by atoms with E-state index in [-0.39, 0.29) is 18.1 Å². The van der Waals surface area contributed by atoms with Gasteiger partial charge in [0.1, 0.15) is 11.4 Å². The first-order valence-corrected chi connectivity index (χ1v) is 7.71. The maximum atomic E-state index is 12.6. The molecule has 1 aromatic carbocycles. The van der Waals surface area contributed by atoms with Crippen LogP contribution in [0.15, 0.2) is 30.3 Å². The van der Waals surface area contributed by atoms with Crippen molar-refractivity contribution < 1.29 is 14.3 Å². The number of benzene rings is 1. The number of carbonyl (C=O) groups is 1. The molecular weight excluding hydrogens is 294 g/mol. The highest BCUT2D eigenvalue weighted by atomic mass is 16.5. The maximum absolute atomic E-state index is 12.6. The fourth-order valence-electron chi connectivity index (χ4n) is 2.88. The number of rotatable bonds is 3. The molecule has 122 valence electrons. The summed E-state index contributed by atoms with van der Waals surface area (Å²) in [7, 11) is 1.62. The van der Waals surface area contributed by atoms with Crippen LogP contribution in [0, 0.1) is 0 Å². The Morgan fingerprint density at radius 2 is 2.04 bits per heavy atom. The minimum atomic E-state index is -0.0475. The summed E-state index contributed by atoms with van der Waals surface area (Å²) >= 11 is 0. The summed E-state index contributed by atoms with van der Waals surface area (Å²) in [6.07, 6.45) is 0.0898. The van der Waals surface area contributed by atoms with Gasteiger partial charge < -0.3 is 14.4 Å². The van der Waals surface area contributed by atoms with Crippen LogP contribution in [0.1, 0.15) is 24.3 Å². The lowest BCUT2D eigenvalue weighted by molar-refractivity contribution is -0.0587. The molecule has 6 heteroatoms. The van der Waals surface area contributed by atoms with Crippen molar-refractivity contribution in [3.63, 3.8) is 0 Å². The SMILES string of the molecule is COc1cccc(-c2cc(C(=O)N3CC(C)OC(C)C3)[nH]n2)c1. The number of hydrogen-bond acceptors (Lipinski definition) is 4. The molecule has 1 aliphatic heterocycles. The first kappa shape index (κ1) is 15.6. The van der Waals surface area contributed by atoms with Crippen LogP contribution in [-0.4, -0.2) is 53.4 Å². The normalized spacial score (nSPS) is 21.3. The van der Waals surface area contributed by atoms with Crippen LogP contribution in [-0.2, 0) is 4.74 Å². The number of morpholine rings is 1. The van der Waals surface area contributed by atoms with E-state index in [1.165, 1.54) is 0 Å². The highest BCUT2D eigenvalue weighted by molar-refractivity contribution is 5.93. The van der Waals surface area contributed by atoms with Gasteiger partial charge >= 0.3 is 0 Å². The zero-order valence-electron chi connectivity index (χ0n) is 13.6. The van der Waals surface area contributed by atoms with Gasteiger partial charge in [-0.3, -0.25) is 9.89 Å². The van der Waals surface area contributed by atoms with E-state index in [0.717, 1.165) is 17.0 Å². The highest BCUT2D eigenvalue weighted by Crippen LogP contribution is 2.23. The molecule has 0 aliphatic carbocycles. The lowest BCUT2D eigenvalue weighted by Gasteiger charge is -2.34. The monoisotopic (exact) mass is 315 g/mol. The standard InChI is InChI=1S/C17H21N3O3/c1-11-9-20(10-12(2)23-11)17(21)16-8-15(18-19-16)13-5-4-6-14(7-13)22-3/h4-8,11-12H,9-10H2,1-3H3,(H,18,19).